The highest BCUT2D eigenvalue weighted by Crippen LogP contribution is 2.28. The second-order valence-electron chi connectivity index (χ2n) is 6.26. The average molecular weight is 320 g/mol. The van der Waals surface area contributed by atoms with Crippen LogP contribution in [0.2, 0.25) is 5.02 Å². The molecule has 2 aliphatic rings. The molecule has 0 aromatic heterocycles. The van der Waals surface area contributed by atoms with Crippen LogP contribution in [0.4, 0.5) is 5.69 Å². The molecule has 0 spiro atoms. The summed E-state index contributed by atoms with van der Waals surface area (Å²) in [5.41, 5.74) is 1.63. The van der Waals surface area contributed by atoms with Crippen molar-refractivity contribution in [2.75, 3.05) is 18.1 Å². The summed E-state index contributed by atoms with van der Waals surface area (Å²) >= 11 is 6.02. The van der Waals surface area contributed by atoms with E-state index >= 15 is 0 Å². The van der Waals surface area contributed by atoms with E-state index in [0.717, 1.165) is 24.5 Å². The Balaban J connectivity index is 1.75. The molecule has 0 bridgehead atoms. The number of nitrogens with zero attached hydrogens (tertiary/aromatic N) is 3. The lowest BCUT2D eigenvalue weighted by atomic mass is 9.98. The average Bonchev–Trinajstić information content (AvgIpc) is 2.77. The number of rotatable bonds is 3. The molecule has 1 saturated heterocycles. The summed E-state index contributed by atoms with van der Waals surface area (Å²) in [6.45, 7) is 6.04. The van der Waals surface area contributed by atoms with Crippen LogP contribution in [0.25, 0.3) is 0 Å². The monoisotopic (exact) mass is 319 g/mol. The van der Waals surface area contributed by atoms with Gasteiger partial charge in [0.25, 0.3) is 5.91 Å². The number of piperidine rings is 1. The van der Waals surface area contributed by atoms with E-state index in [2.05, 4.69) is 16.9 Å². The fourth-order valence-electron chi connectivity index (χ4n) is 3.27. The third-order valence-electron chi connectivity index (χ3n) is 4.68. The molecule has 1 aromatic carbocycles. The molecule has 0 unspecified atom stereocenters. The molecule has 1 fully saturated rings. The van der Waals surface area contributed by atoms with E-state index in [9.17, 15) is 4.79 Å². The highest BCUT2D eigenvalue weighted by atomic mass is 35.5. The molecule has 0 radical (unpaired) electrons. The van der Waals surface area contributed by atoms with E-state index < -0.39 is 0 Å². The molecular weight excluding hydrogens is 298 g/mol. The molecule has 0 N–H and O–H groups in total. The molecule has 4 nitrogen and oxygen atoms in total. The molecule has 1 aromatic rings. The zero-order valence-corrected chi connectivity index (χ0v) is 13.9. The Morgan fingerprint density at radius 2 is 2.18 bits per heavy atom. The number of carbonyl (C=O) groups excluding carboxylic acids is 1. The molecule has 22 heavy (non-hydrogen) atoms. The Morgan fingerprint density at radius 1 is 1.36 bits per heavy atom. The summed E-state index contributed by atoms with van der Waals surface area (Å²) in [5, 5.41) is 6.59. The molecule has 0 saturated carbocycles. The molecule has 1 amide bonds. The summed E-state index contributed by atoms with van der Waals surface area (Å²) in [5.74, 6) is -0.0860. The lowest BCUT2D eigenvalue weighted by Gasteiger charge is -2.34. The van der Waals surface area contributed by atoms with Gasteiger partial charge in [-0.3, -0.25) is 9.69 Å². The first-order chi connectivity index (χ1) is 10.6. The highest BCUT2D eigenvalue weighted by molar-refractivity contribution is 6.31. The van der Waals surface area contributed by atoms with Crippen molar-refractivity contribution >= 4 is 28.9 Å². The zero-order valence-electron chi connectivity index (χ0n) is 13.1. The van der Waals surface area contributed by atoms with Crippen molar-refractivity contribution < 1.29 is 4.79 Å². The number of benzene rings is 1. The number of hydrogen-bond acceptors (Lipinski definition) is 3. The molecule has 0 aliphatic carbocycles. The number of amides is 1. The van der Waals surface area contributed by atoms with Gasteiger partial charge in [0, 0.05) is 23.3 Å². The van der Waals surface area contributed by atoms with Gasteiger partial charge in [0.2, 0.25) is 0 Å². The Hall–Kier alpha value is -1.39. The van der Waals surface area contributed by atoms with Gasteiger partial charge in [0.1, 0.15) is 0 Å². The molecule has 118 valence electrons. The van der Waals surface area contributed by atoms with Crippen molar-refractivity contribution in [3.63, 3.8) is 0 Å². The van der Waals surface area contributed by atoms with Crippen LogP contribution < -0.4 is 5.01 Å². The minimum absolute atomic E-state index is 0.0533. The van der Waals surface area contributed by atoms with E-state index in [1.807, 2.05) is 19.1 Å². The SMILES string of the molecule is CC1=NN(c2cccc(Cl)c2)C(=O)[C@@H]1CN1CCCC[C@@H]1C. The lowest BCUT2D eigenvalue weighted by molar-refractivity contribution is -0.120. The van der Waals surface area contributed by atoms with Crippen LogP contribution >= 0.6 is 11.6 Å². The first kappa shape index (κ1) is 15.5. The maximum Gasteiger partial charge on any atom is 0.257 e. The largest absolute Gasteiger partial charge is 0.299 e. The van der Waals surface area contributed by atoms with Gasteiger partial charge in [-0.05, 0) is 51.4 Å². The minimum Gasteiger partial charge on any atom is -0.299 e. The third kappa shape index (κ3) is 3.03. The number of carbonyl (C=O) groups is 1. The Kier molecular flexibility index (Phi) is 4.50. The van der Waals surface area contributed by atoms with Crippen molar-refractivity contribution in [2.24, 2.45) is 11.0 Å². The van der Waals surface area contributed by atoms with Gasteiger partial charge in [0.15, 0.2) is 0 Å². The summed E-state index contributed by atoms with van der Waals surface area (Å²) in [7, 11) is 0. The lowest BCUT2D eigenvalue weighted by Crippen LogP contribution is -2.44. The Labute approximate surface area is 136 Å². The van der Waals surface area contributed by atoms with E-state index in [1.165, 1.54) is 24.3 Å². The Morgan fingerprint density at radius 3 is 2.91 bits per heavy atom. The van der Waals surface area contributed by atoms with Gasteiger partial charge in [-0.1, -0.05) is 24.1 Å². The fraction of sp³-hybridized carbons (Fsp3) is 0.529. The number of likely N-dealkylation sites (tertiary alicyclic amines) is 1. The minimum atomic E-state index is -0.139. The molecule has 3 rings (SSSR count). The van der Waals surface area contributed by atoms with Crippen molar-refractivity contribution in [2.45, 2.75) is 39.2 Å². The predicted octanol–water partition coefficient (Wildman–Crippen LogP) is 3.55. The molecular formula is C17H22ClN3O. The van der Waals surface area contributed by atoms with Crippen LogP contribution in [-0.4, -0.2) is 35.7 Å². The number of hydrogen-bond donors (Lipinski definition) is 0. The van der Waals surface area contributed by atoms with Crippen LogP contribution in [0.1, 0.15) is 33.1 Å². The van der Waals surface area contributed by atoms with Crippen molar-refractivity contribution in [3.8, 4) is 0 Å². The first-order valence-corrected chi connectivity index (χ1v) is 8.33. The summed E-state index contributed by atoms with van der Waals surface area (Å²) in [6, 6.07) is 7.84. The maximum absolute atomic E-state index is 12.7. The van der Waals surface area contributed by atoms with Crippen molar-refractivity contribution in [1.82, 2.24) is 4.90 Å². The van der Waals surface area contributed by atoms with E-state index in [0.29, 0.717) is 11.1 Å². The smallest absolute Gasteiger partial charge is 0.257 e. The first-order valence-electron chi connectivity index (χ1n) is 7.95. The standard InChI is InChI=1S/C17H22ClN3O/c1-12-6-3-4-9-20(12)11-16-13(2)19-21(17(16)22)15-8-5-7-14(18)10-15/h5,7-8,10,12,16H,3-4,6,9,11H2,1-2H3/t12-,16+/m0/s1. The van der Waals surface area contributed by atoms with Crippen LogP contribution in [0.15, 0.2) is 29.4 Å². The van der Waals surface area contributed by atoms with Crippen LogP contribution in [0, 0.1) is 5.92 Å². The molecule has 2 aliphatic heterocycles. The molecule has 2 atom stereocenters. The molecule has 5 heteroatoms. The summed E-state index contributed by atoms with van der Waals surface area (Å²) in [4.78, 5) is 15.2. The van der Waals surface area contributed by atoms with Crippen LogP contribution in [0.3, 0.4) is 0 Å². The third-order valence-corrected chi connectivity index (χ3v) is 4.91. The van der Waals surface area contributed by atoms with E-state index in [-0.39, 0.29) is 11.8 Å². The highest BCUT2D eigenvalue weighted by Gasteiger charge is 2.36. The van der Waals surface area contributed by atoms with Crippen molar-refractivity contribution in [3.05, 3.63) is 29.3 Å². The van der Waals surface area contributed by atoms with E-state index in [4.69, 9.17) is 11.6 Å². The van der Waals surface area contributed by atoms with Gasteiger partial charge in [-0.15, -0.1) is 0 Å². The second-order valence-corrected chi connectivity index (χ2v) is 6.70. The van der Waals surface area contributed by atoms with Crippen molar-refractivity contribution in [1.29, 1.82) is 0 Å². The molecule has 2 heterocycles. The fourth-order valence-corrected chi connectivity index (χ4v) is 3.45. The van der Waals surface area contributed by atoms with E-state index in [1.54, 1.807) is 12.1 Å². The second kappa shape index (κ2) is 6.39. The zero-order chi connectivity index (χ0) is 15.7. The van der Waals surface area contributed by atoms with Crippen LogP contribution in [-0.2, 0) is 4.79 Å². The summed E-state index contributed by atoms with van der Waals surface area (Å²) in [6.07, 6.45) is 3.73. The van der Waals surface area contributed by atoms with Crippen LogP contribution in [0.5, 0.6) is 0 Å². The summed E-state index contributed by atoms with van der Waals surface area (Å²) < 4.78 is 0. The van der Waals surface area contributed by atoms with Gasteiger partial charge >= 0.3 is 0 Å². The number of hydrazone groups is 1. The van der Waals surface area contributed by atoms with Gasteiger partial charge in [-0.2, -0.15) is 5.10 Å². The topological polar surface area (TPSA) is 35.9 Å². The predicted molar refractivity (Wildman–Crippen MR) is 90.4 cm³/mol. The number of halogens is 1. The normalized spacial score (nSPS) is 26.4. The Bertz CT molecular complexity index is 601. The van der Waals surface area contributed by atoms with Gasteiger partial charge in [-0.25, -0.2) is 5.01 Å². The van der Waals surface area contributed by atoms with Gasteiger partial charge < -0.3 is 0 Å². The van der Waals surface area contributed by atoms with Gasteiger partial charge in [0.05, 0.1) is 11.6 Å². The number of anilines is 1. The maximum atomic E-state index is 12.7. The quantitative estimate of drug-likeness (QED) is 0.854.